The lowest BCUT2D eigenvalue weighted by molar-refractivity contribution is -0.149. The first-order valence-corrected chi connectivity index (χ1v) is 6.22. The maximum atomic E-state index is 13.3. The Balaban J connectivity index is 2.12. The fourth-order valence-electron chi connectivity index (χ4n) is 1.74. The molecule has 2 rings (SSSR count). The van der Waals surface area contributed by atoms with Gasteiger partial charge in [0.2, 0.25) is 0 Å². The summed E-state index contributed by atoms with van der Waals surface area (Å²) in [5, 5.41) is 9.44. The van der Waals surface area contributed by atoms with Gasteiger partial charge in [0.05, 0.1) is 15.6 Å². The third-order valence-electron chi connectivity index (χ3n) is 2.74. The average molecular weight is 326 g/mol. The van der Waals surface area contributed by atoms with Crippen molar-refractivity contribution in [3.63, 3.8) is 0 Å². The number of hydrogen-bond acceptors (Lipinski definition) is 3. The zero-order valence-corrected chi connectivity index (χ0v) is 11.3. The van der Waals surface area contributed by atoms with Crippen LogP contribution >= 0.6 is 27.5 Å². The van der Waals surface area contributed by atoms with Gasteiger partial charge >= 0.3 is 0 Å². The van der Waals surface area contributed by atoms with Crippen molar-refractivity contribution in [2.75, 3.05) is 7.11 Å². The molecular formula is C11H11BrClFO3. The van der Waals surface area contributed by atoms with Gasteiger partial charge < -0.3 is 14.6 Å². The van der Waals surface area contributed by atoms with Crippen LogP contribution in [0.1, 0.15) is 6.42 Å². The van der Waals surface area contributed by atoms with Crippen LogP contribution in [0.15, 0.2) is 16.6 Å². The van der Waals surface area contributed by atoms with Crippen LogP contribution in [0.5, 0.6) is 5.75 Å². The minimum absolute atomic E-state index is 0.0289. The Kier molecular flexibility index (Phi) is 3.92. The molecule has 94 valence electrons. The van der Waals surface area contributed by atoms with Crippen LogP contribution in [0.25, 0.3) is 0 Å². The maximum Gasteiger partial charge on any atom is 0.145 e. The Morgan fingerprint density at radius 3 is 2.82 bits per heavy atom. The molecule has 3 unspecified atom stereocenters. The quantitative estimate of drug-likeness (QED) is 0.869. The van der Waals surface area contributed by atoms with E-state index < -0.39 is 11.9 Å². The van der Waals surface area contributed by atoms with Crippen molar-refractivity contribution in [3.05, 3.63) is 27.4 Å². The molecule has 6 heteroatoms. The summed E-state index contributed by atoms with van der Waals surface area (Å²) in [6.07, 6.45) is -0.705. The first kappa shape index (κ1) is 13.1. The molecule has 1 saturated carbocycles. The highest BCUT2D eigenvalue weighted by Gasteiger charge is 2.42. The van der Waals surface area contributed by atoms with Gasteiger partial charge in [-0.3, -0.25) is 0 Å². The summed E-state index contributed by atoms with van der Waals surface area (Å²) in [5.74, 6) is -0.190. The lowest BCUT2D eigenvalue weighted by atomic mass is 9.88. The van der Waals surface area contributed by atoms with Crippen molar-refractivity contribution < 1.29 is 19.0 Å². The number of aliphatic hydroxyl groups excluding tert-OH is 1. The second kappa shape index (κ2) is 5.10. The van der Waals surface area contributed by atoms with Crippen LogP contribution in [-0.4, -0.2) is 30.5 Å². The largest absolute Gasteiger partial charge is 0.486 e. The minimum Gasteiger partial charge on any atom is -0.486 e. The van der Waals surface area contributed by atoms with E-state index >= 15 is 0 Å². The molecule has 3 nitrogen and oxygen atoms in total. The van der Waals surface area contributed by atoms with E-state index in [9.17, 15) is 9.50 Å². The number of halogens is 3. The number of ether oxygens (including phenoxy) is 2. The molecule has 0 saturated heterocycles. The average Bonchev–Trinajstić information content (AvgIpc) is 2.25. The molecule has 0 amide bonds. The molecule has 0 bridgehead atoms. The van der Waals surface area contributed by atoms with Gasteiger partial charge in [-0.1, -0.05) is 11.6 Å². The van der Waals surface area contributed by atoms with E-state index in [0.29, 0.717) is 16.6 Å². The molecule has 0 spiro atoms. The monoisotopic (exact) mass is 324 g/mol. The lowest BCUT2D eigenvalue weighted by Crippen LogP contribution is -2.54. The Hall–Kier alpha value is -0.360. The van der Waals surface area contributed by atoms with Crippen molar-refractivity contribution >= 4 is 27.5 Å². The highest BCUT2D eigenvalue weighted by molar-refractivity contribution is 9.10. The molecule has 1 N–H and O–H groups in total. The summed E-state index contributed by atoms with van der Waals surface area (Å²) in [6.45, 7) is 0. The van der Waals surface area contributed by atoms with Crippen LogP contribution < -0.4 is 4.74 Å². The first-order valence-electron chi connectivity index (χ1n) is 5.05. The van der Waals surface area contributed by atoms with E-state index in [1.807, 2.05) is 0 Å². The van der Waals surface area contributed by atoms with Crippen molar-refractivity contribution in [2.45, 2.75) is 24.7 Å². The molecule has 1 aliphatic rings. The van der Waals surface area contributed by atoms with Crippen LogP contribution in [-0.2, 0) is 4.74 Å². The van der Waals surface area contributed by atoms with Gasteiger partial charge in [-0.25, -0.2) is 4.39 Å². The van der Waals surface area contributed by atoms with Crippen molar-refractivity contribution in [2.24, 2.45) is 0 Å². The summed E-state index contributed by atoms with van der Waals surface area (Å²) in [7, 11) is 1.50. The zero-order valence-electron chi connectivity index (χ0n) is 8.99. The third-order valence-corrected chi connectivity index (χ3v) is 3.65. The number of aliphatic hydroxyl groups is 1. The summed E-state index contributed by atoms with van der Waals surface area (Å²) < 4.78 is 24.5. The van der Waals surface area contributed by atoms with Gasteiger partial charge in [0.15, 0.2) is 0 Å². The summed E-state index contributed by atoms with van der Waals surface area (Å²) >= 11 is 8.86. The molecule has 0 radical (unpaired) electrons. The maximum absolute atomic E-state index is 13.3. The second-order valence-electron chi connectivity index (χ2n) is 3.86. The topological polar surface area (TPSA) is 38.7 Å². The smallest absolute Gasteiger partial charge is 0.145 e. The van der Waals surface area contributed by atoms with Crippen LogP contribution in [0.2, 0.25) is 5.02 Å². The van der Waals surface area contributed by atoms with Crippen molar-refractivity contribution in [3.8, 4) is 5.75 Å². The summed E-state index contributed by atoms with van der Waals surface area (Å²) in [6, 6.07) is 2.65. The SMILES string of the molecule is COC1C(O)CC1Oc1cc(F)c(Cl)cc1Br. The highest BCUT2D eigenvalue weighted by atomic mass is 79.9. The van der Waals surface area contributed by atoms with Gasteiger partial charge in [0, 0.05) is 19.6 Å². The molecule has 1 aromatic rings. The van der Waals surface area contributed by atoms with E-state index in [1.54, 1.807) is 0 Å². The van der Waals surface area contributed by atoms with E-state index in [4.69, 9.17) is 21.1 Å². The molecule has 0 aliphatic heterocycles. The van der Waals surface area contributed by atoms with Gasteiger partial charge in [-0.2, -0.15) is 0 Å². The van der Waals surface area contributed by atoms with Crippen molar-refractivity contribution in [1.82, 2.24) is 0 Å². The minimum atomic E-state index is -0.543. The molecule has 1 aliphatic carbocycles. The highest BCUT2D eigenvalue weighted by Crippen LogP contribution is 2.35. The Morgan fingerprint density at radius 1 is 1.53 bits per heavy atom. The standard InChI is InChI=1S/C11H11BrClFO3/c1-16-11-8(15)4-10(11)17-9-3-7(14)6(13)2-5(9)12/h2-3,8,10-11,15H,4H2,1H3. The molecule has 17 heavy (non-hydrogen) atoms. The normalized spacial score (nSPS) is 27.7. The van der Waals surface area contributed by atoms with E-state index in [1.165, 1.54) is 19.2 Å². The molecule has 0 heterocycles. The van der Waals surface area contributed by atoms with Crippen LogP contribution in [0.3, 0.4) is 0 Å². The third kappa shape index (κ3) is 2.57. The fourth-order valence-corrected chi connectivity index (χ4v) is 2.47. The summed E-state index contributed by atoms with van der Waals surface area (Å²) in [5.41, 5.74) is 0. The van der Waals surface area contributed by atoms with E-state index in [-0.39, 0.29) is 17.2 Å². The number of methoxy groups -OCH3 is 1. The van der Waals surface area contributed by atoms with Gasteiger partial charge in [0.25, 0.3) is 0 Å². The van der Waals surface area contributed by atoms with Crippen LogP contribution in [0.4, 0.5) is 4.39 Å². The van der Waals surface area contributed by atoms with E-state index in [0.717, 1.165) is 0 Å². The summed E-state index contributed by atoms with van der Waals surface area (Å²) in [4.78, 5) is 0. The number of rotatable bonds is 3. The lowest BCUT2D eigenvalue weighted by Gasteiger charge is -2.40. The second-order valence-corrected chi connectivity index (χ2v) is 5.12. The fraction of sp³-hybridized carbons (Fsp3) is 0.455. The predicted molar refractivity (Wildman–Crippen MR) is 64.9 cm³/mol. The van der Waals surface area contributed by atoms with Crippen LogP contribution in [0, 0.1) is 5.82 Å². The van der Waals surface area contributed by atoms with Gasteiger partial charge in [-0.15, -0.1) is 0 Å². The van der Waals surface area contributed by atoms with Crippen molar-refractivity contribution in [1.29, 1.82) is 0 Å². The molecule has 1 fully saturated rings. The predicted octanol–water partition coefficient (Wildman–Crippen LogP) is 2.77. The molecule has 1 aromatic carbocycles. The van der Waals surface area contributed by atoms with E-state index in [2.05, 4.69) is 15.9 Å². The van der Waals surface area contributed by atoms with Gasteiger partial charge in [0.1, 0.15) is 23.8 Å². The Bertz CT molecular complexity index is 429. The Labute approximate surface area is 112 Å². The molecule has 3 atom stereocenters. The Morgan fingerprint density at radius 2 is 2.24 bits per heavy atom. The molecular weight excluding hydrogens is 314 g/mol. The van der Waals surface area contributed by atoms with Gasteiger partial charge in [-0.05, 0) is 22.0 Å². The number of hydrogen-bond donors (Lipinski definition) is 1. The molecule has 0 aromatic heterocycles. The zero-order chi connectivity index (χ0) is 12.6. The first-order chi connectivity index (χ1) is 8.02. The number of benzene rings is 1.